The van der Waals surface area contributed by atoms with Crippen LogP contribution in [-0.4, -0.2) is 114 Å². The van der Waals surface area contributed by atoms with Crippen LogP contribution in [0.5, 0.6) is 0 Å². The van der Waals surface area contributed by atoms with E-state index in [2.05, 4.69) is 58.3 Å². The molecule has 2 saturated heterocycles. The number of carbonyl (C=O) groups is 1. The molecule has 238 valence electrons. The minimum absolute atomic E-state index is 0.0331. The Balaban J connectivity index is 0.000000365. The molecule has 1 atom stereocenters. The monoisotopic (exact) mass is 638 g/mol. The summed E-state index contributed by atoms with van der Waals surface area (Å²) >= 11 is 0. The molecule has 0 spiro atoms. The predicted octanol–water partition coefficient (Wildman–Crippen LogP) is 1.63. The molecule has 3 N–H and O–H groups in total. The summed E-state index contributed by atoms with van der Waals surface area (Å²) in [5.74, 6) is -1.93. The molecule has 0 saturated carbocycles. The number of fused-ring (bicyclic) bond motifs is 1. The quantitative estimate of drug-likeness (QED) is 0.379. The lowest BCUT2D eigenvalue weighted by atomic mass is 9.84. The van der Waals surface area contributed by atoms with Crippen molar-refractivity contribution in [3.05, 3.63) is 58.7 Å². The number of hydrogen-bond donors (Lipinski definition) is 3. The molecule has 1 unspecified atom stereocenters. The second-order valence-electron chi connectivity index (χ2n) is 11.3. The summed E-state index contributed by atoms with van der Waals surface area (Å²) in [6.45, 7) is 9.90. The van der Waals surface area contributed by atoms with Gasteiger partial charge in [-0.2, -0.15) is 16.8 Å². The van der Waals surface area contributed by atoms with Gasteiger partial charge in [0, 0.05) is 62.2 Å². The van der Waals surface area contributed by atoms with Gasteiger partial charge in [0.25, 0.3) is 26.1 Å². The number of piperazine rings is 1. The summed E-state index contributed by atoms with van der Waals surface area (Å²) < 4.78 is 60.8. The summed E-state index contributed by atoms with van der Waals surface area (Å²) in [6, 6.07) is 12.8. The van der Waals surface area contributed by atoms with Crippen LogP contribution in [0, 0.1) is 6.92 Å². The van der Waals surface area contributed by atoms with Gasteiger partial charge in [-0.05, 0) is 80.3 Å². The summed E-state index contributed by atoms with van der Waals surface area (Å²) in [5.41, 5.74) is 7.59. The molecule has 0 bridgehead atoms. The van der Waals surface area contributed by atoms with Gasteiger partial charge in [-0.25, -0.2) is 0 Å². The molecule has 3 aliphatic rings. The first kappa shape index (κ1) is 33.1. The van der Waals surface area contributed by atoms with Gasteiger partial charge in [0.05, 0.1) is 24.7 Å². The number of nitrogens with zero attached hydrogens (tertiary/aromatic N) is 3. The molecule has 2 aliphatic heterocycles. The number of aryl methyl sites for hydroxylation is 1. The molecule has 1 amide bonds. The Morgan fingerprint density at radius 3 is 2.05 bits per heavy atom. The van der Waals surface area contributed by atoms with Crippen LogP contribution in [0.2, 0.25) is 0 Å². The number of benzene rings is 2. The highest BCUT2D eigenvalue weighted by Gasteiger charge is 2.27. The van der Waals surface area contributed by atoms with Crippen LogP contribution < -0.4 is 15.1 Å². The highest BCUT2D eigenvalue weighted by Crippen LogP contribution is 2.33. The molecule has 1 aliphatic carbocycles. The first-order valence-corrected chi connectivity index (χ1v) is 17.7. The molecule has 5 rings (SSSR count). The van der Waals surface area contributed by atoms with E-state index in [0.29, 0.717) is 0 Å². The van der Waals surface area contributed by atoms with Gasteiger partial charge in [-0.1, -0.05) is 6.07 Å². The van der Waals surface area contributed by atoms with Crippen LogP contribution in [0.1, 0.15) is 33.5 Å². The SMILES string of the molecule is Cc1ccc(N2CCN(C)CC2)c2c1CCC(NC(=O)c1ccc(N3CCOCC3)cc1)C2.O=S(=O)(O)CCS(=O)(=O)O. The number of amides is 1. The fraction of sp³-hybridized carbons (Fsp3) is 0.552. The second kappa shape index (κ2) is 14.4. The fourth-order valence-electron chi connectivity index (χ4n) is 5.63. The van der Waals surface area contributed by atoms with Crippen molar-refractivity contribution in [3.8, 4) is 0 Å². The minimum Gasteiger partial charge on any atom is -0.378 e. The zero-order valence-electron chi connectivity index (χ0n) is 24.7. The number of anilines is 2. The van der Waals surface area contributed by atoms with Crippen LogP contribution in [-0.2, 0) is 37.8 Å². The Labute approximate surface area is 254 Å². The van der Waals surface area contributed by atoms with Gasteiger partial charge >= 0.3 is 0 Å². The molecule has 2 aromatic rings. The lowest BCUT2D eigenvalue weighted by molar-refractivity contribution is 0.0933. The van der Waals surface area contributed by atoms with Crippen LogP contribution >= 0.6 is 0 Å². The maximum absolute atomic E-state index is 13.0. The molecule has 2 heterocycles. The zero-order chi connectivity index (χ0) is 31.2. The average Bonchev–Trinajstić information content (AvgIpc) is 2.97. The number of nitrogens with one attached hydrogen (secondary N) is 1. The molecule has 2 fully saturated rings. The number of morpholine rings is 1. The van der Waals surface area contributed by atoms with Crippen molar-refractivity contribution in [2.45, 2.75) is 32.2 Å². The van der Waals surface area contributed by atoms with E-state index in [1.54, 1.807) is 0 Å². The third-order valence-electron chi connectivity index (χ3n) is 8.12. The third-order valence-corrected chi connectivity index (χ3v) is 9.82. The number of rotatable bonds is 7. The Hall–Kier alpha value is -2.75. The van der Waals surface area contributed by atoms with E-state index in [0.717, 1.165) is 83.0 Å². The van der Waals surface area contributed by atoms with Gasteiger partial charge in [0.1, 0.15) is 0 Å². The largest absolute Gasteiger partial charge is 0.378 e. The van der Waals surface area contributed by atoms with E-state index in [1.165, 1.54) is 22.4 Å². The van der Waals surface area contributed by atoms with Gasteiger partial charge in [0.15, 0.2) is 0 Å². The minimum atomic E-state index is -4.30. The lowest BCUT2D eigenvalue weighted by Gasteiger charge is -2.37. The maximum Gasteiger partial charge on any atom is 0.265 e. The summed E-state index contributed by atoms with van der Waals surface area (Å²) in [6.07, 6.45) is 2.94. The van der Waals surface area contributed by atoms with Gasteiger partial charge in [0.2, 0.25) is 0 Å². The number of hydrogen-bond acceptors (Lipinski definition) is 9. The van der Waals surface area contributed by atoms with Crippen molar-refractivity contribution in [2.24, 2.45) is 0 Å². The van der Waals surface area contributed by atoms with E-state index in [4.69, 9.17) is 13.8 Å². The molecular formula is C29H42N4O8S2. The number of ether oxygens (including phenoxy) is 1. The van der Waals surface area contributed by atoms with E-state index < -0.39 is 31.7 Å². The van der Waals surface area contributed by atoms with Crippen LogP contribution in [0.4, 0.5) is 11.4 Å². The predicted molar refractivity (Wildman–Crippen MR) is 166 cm³/mol. The Morgan fingerprint density at radius 2 is 1.47 bits per heavy atom. The average molecular weight is 639 g/mol. The van der Waals surface area contributed by atoms with Crippen molar-refractivity contribution in [2.75, 3.05) is 80.8 Å². The van der Waals surface area contributed by atoms with Crippen molar-refractivity contribution in [1.29, 1.82) is 0 Å². The zero-order valence-corrected chi connectivity index (χ0v) is 26.4. The maximum atomic E-state index is 13.0. The smallest absolute Gasteiger partial charge is 0.265 e. The van der Waals surface area contributed by atoms with Crippen molar-refractivity contribution < 1.29 is 35.5 Å². The molecule has 12 nitrogen and oxygen atoms in total. The highest BCUT2D eigenvalue weighted by molar-refractivity contribution is 7.89. The van der Waals surface area contributed by atoms with E-state index >= 15 is 0 Å². The fourth-order valence-corrected chi connectivity index (χ4v) is 7.32. The van der Waals surface area contributed by atoms with Crippen molar-refractivity contribution >= 4 is 37.5 Å². The molecular weight excluding hydrogens is 596 g/mol. The highest BCUT2D eigenvalue weighted by atomic mass is 32.2. The van der Waals surface area contributed by atoms with Crippen LogP contribution in [0.3, 0.4) is 0 Å². The Bertz CT molecular complexity index is 1440. The first-order valence-electron chi connectivity index (χ1n) is 14.5. The molecule has 2 aromatic carbocycles. The topological polar surface area (TPSA) is 157 Å². The van der Waals surface area contributed by atoms with E-state index in [9.17, 15) is 21.6 Å². The Morgan fingerprint density at radius 1 is 0.860 bits per heavy atom. The van der Waals surface area contributed by atoms with Gasteiger partial charge in [-0.3, -0.25) is 13.9 Å². The van der Waals surface area contributed by atoms with Gasteiger partial charge < -0.3 is 24.8 Å². The summed E-state index contributed by atoms with van der Waals surface area (Å²) in [7, 11) is -6.40. The number of carbonyl (C=O) groups excluding carboxylic acids is 1. The van der Waals surface area contributed by atoms with E-state index in [-0.39, 0.29) is 11.9 Å². The van der Waals surface area contributed by atoms with Crippen molar-refractivity contribution in [3.63, 3.8) is 0 Å². The second-order valence-corrected chi connectivity index (χ2v) is 14.4. The standard InChI is InChI=1S/C27H36N4O2.C2H6O6S2/c1-20-3-10-26(31-13-11-29(2)12-14-31)25-19-22(6-9-24(20)25)28-27(32)21-4-7-23(8-5-21)30-15-17-33-18-16-30;3-9(4,5)1-2-10(6,7)8/h3-5,7-8,10,22H,6,9,11-19H2,1-2H3,(H,28,32);1-2H2,(H,3,4,5)(H,6,7,8). The van der Waals surface area contributed by atoms with Gasteiger partial charge in [-0.15, -0.1) is 0 Å². The normalized spacial score (nSPS) is 19.7. The molecule has 14 heteroatoms. The molecule has 43 heavy (non-hydrogen) atoms. The van der Waals surface area contributed by atoms with Crippen molar-refractivity contribution in [1.82, 2.24) is 10.2 Å². The van der Waals surface area contributed by atoms with Crippen LogP contribution in [0.15, 0.2) is 36.4 Å². The summed E-state index contributed by atoms with van der Waals surface area (Å²) in [5, 5.41) is 3.33. The van der Waals surface area contributed by atoms with Crippen LogP contribution in [0.25, 0.3) is 0 Å². The van der Waals surface area contributed by atoms with E-state index in [1.807, 2.05) is 12.1 Å². The Kier molecular flexibility index (Phi) is 11.1. The summed E-state index contributed by atoms with van der Waals surface area (Å²) in [4.78, 5) is 20.3. The third kappa shape index (κ3) is 9.88. The first-order chi connectivity index (χ1) is 20.3. The lowest BCUT2D eigenvalue weighted by Crippen LogP contribution is -2.45. The number of likely N-dealkylation sites (N-methyl/N-ethyl adjacent to an activating group) is 1. The molecule has 0 radical (unpaired) electrons. The molecule has 0 aromatic heterocycles.